The molecule has 21 heavy (non-hydrogen) atoms. The van der Waals surface area contributed by atoms with Crippen LogP contribution in [0, 0.1) is 19.8 Å². The zero-order chi connectivity index (χ0) is 15.5. The van der Waals surface area contributed by atoms with E-state index in [1.807, 2.05) is 11.3 Å². The Balaban J connectivity index is 2.15. The average Bonchev–Trinajstić information content (AvgIpc) is 2.78. The predicted octanol–water partition coefficient (Wildman–Crippen LogP) is 3.88. The molecule has 0 bridgehead atoms. The summed E-state index contributed by atoms with van der Waals surface area (Å²) in [6.45, 7) is 9.53. The monoisotopic (exact) mass is 310 g/mol. The zero-order valence-corrected chi connectivity index (χ0v) is 15.0. The fraction of sp³-hybridized carbons (Fsp3) is 0.824. The number of likely N-dealkylation sites (N-methyl/N-ethyl adjacent to an activating group) is 1. The Morgan fingerprint density at radius 2 is 2.05 bits per heavy atom. The molecule has 1 aromatic heterocycles. The molecule has 2 rings (SSSR count). The van der Waals surface area contributed by atoms with Gasteiger partial charge in [0.15, 0.2) is 0 Å². The molecule has 4 heteroatoms. The second-order valence-electron chi connectivity index (χ2n) is 6.47. The predicted molar refractivity (Wildman–Crippen MR) is 90.1 cm³/mol. The summed E-state index contributed by atoms with van der Waals surface area (Å²) >= 11 is 1.83. The first kappa shape index (κ1) is 16.9. The van der Waals surface area contributed by atoms with Crippen molar-refractivity contribution in [2.24, 2.45) is 5.92 Å². The second kappa shape index (κ2) is 7.21. The highest BCUT2D eigenvalue weighted by Crippen LogP contribution is 2.38. The lowest BCUT2D eigenvalue weighted by Crippen LogP contribution is -2.54. The van der Waals surface area contributed by atoms with E-state index in [9.17, 15) is 0 Å². The first-order valence-electron chi connectivity index (χ1n) is 8.25. The van der Waals surface area contributed by atoms with Crippen LogP contribution in [0.1, 0.15) is 55.1 Å². The summed E-state index contributed by atoms with van der Waals surface area (Å²) in [5, 5.41) is 4.77. The highest BCUT2D eigenvalue weighted by molar-refractivity contribution is 7.11. The molecule has 1 N–H and O–H groups in total. The molecule has 1 unspecified atom stereocenters. The summed E-state index contributed by atoms with van der Waals surface area (Å²) in [6, 6.07) is 0.356. The Labute approximate surface area is 133 Å². The van der Waals surface area contributed by atoms with Gasteiger partial charge in [0.1, 0.15) is 0 Å². The molecule has 1 aliphatic rings. The van der Waals surface area contributed by atoms with Gasteiger partial charge < -0.3 is 10.1 Å². The van der Waals surface area contributed by atoms with E-state index in [0.29, 0.717) is 6.04 Å². The summed E-state index contributed by atoms with van der Waals surface area (Å²) in [5.74, 6) is 0.834. The van der Waals surface area contributed by atoms with E-state index in [1.54, 1.807) is 0 Å². The number of ether oxygens (including phenoxy) is 1. The summed E-state index contributed by atoms with van der Waals surface area (Å²) in [5.41, 5.74) is 1.16. The fourth-order valence-corrected chi connectivity index (χ4v) is 4.46. The standard InChI is InChI=1S/C17H30N2OS/c1-6-20-17(9-7-12(2)8-10-17)15(18-5)11-16-19-13(3)14(4)21-16/h12,15,18H,6-11H2,1-5H3. The molecule has 1 aliphatic carbocycles. The van der Waals surface area contributed by atoms with Gasteiger partial charge in [-0.05, 0) is 59.4 Å². The quantitative estimate of drug-likeness (QED) is 0.866. The largest absolute Gasteiger partial charge is 0.374 e. The number of hydrogen-bond acceptors (Lipinski definition) is 4. The van der Waals surface area contributed by atoms with E-state index < -0.39 is 0 Å². The third-order valence-corrected chi connectivity index (χ3v) is 6.08. The van der Waals surface area contributed by atoms with Crippen molar-refractivity contribution in [3.05, 3.63) is 15.6 Å². The van der Waals surface area contributed by atoms with Gasteiger partial charge >= 0.3 is 0 Å². The van der Waals surface area contributed by atoms with Crippen molar-refractivity contribution in [1.29, 1.82) is 0 Å². The number of aromatic nitrogens is 1. The van der Waals surface area contributed by atoms with Gasteiger partial charge in [0.25, 0.3) is 0 Å². The van der Waals surface area contributed by atoms with Gasteiger partial charge in [0.2, 0.25) is 0 Å². The van der Waals surface area contributed by atoms with Gasteiger partial charge in [0.05, 0.1) is 16.3 Å². The molecule has 1 aromatic rings. The molecule has 1 fully saturated rings. The van der Waals surface area contributed by atoms with Crippen LogP contribution < -0.4 is 5.32 Å². The Bertz CT molecular complexity index is 430. The first-order chi connectivity index (χ1) is 10.0. The molecular weight excluding hydrogens is 280 g/mol. The number of nitrogens with one attached hydrogen (secondary N) is 1. The Morgan fingerprint density at radius 3 is 2.52 bits per heavy atom. The zero-order valence-electron chi connectivity index (χ0n) is 14.2. The lowest BCUT2D eigenvalue weighted by Gasteiger charge is -2.44. The molecule has 1 heterocycles. The molecule has 1 atom stereocenters. The van der Waals surface area contributed by atoms with E-state index in [0.717, 1.165) is 31.8 Å². The maximum atomic E-state index is 6.30. The van der Waals surface area contributed by atoms with Crippen molar-refractivity contribution < 1.29 is 4.74 Å². The summed E-state index contributed by atoms with van der Waals surface area (Å²) < 4.78 is 6.30. The second-order valence-corrected chi connectivity index (χ2v) is 7.76. The minimum absolute atomic E-state index is 0.0104. The van der Waals surface area contributed by atoms with Crippen molar-refractivity contribution in [1.82, 2.24) is 10.3 Å². The maximum Gasteiger partial charge on any atom is 0.0947 e. The summed E-state index contributed by atoms with van der Waals surface area (Å²) in [7, 11) is 2.07. The Hall–Kier alpha value is -0.450. The Morgan fingerprint density at radius 1 is 1.38 bits per heavy atom. The molecule has 0 aromatic carbocycles. The maximum absolute atomic E-state index is 6.30. The number of thiazole rings is 1. The highest BCUT2D eigenvalue weighted by atomic mass is 32.1. The smallest absolute Gasteiger partial charge is 0.0947 e. The lowest BCUT2D eigenvalue weighted by atomic mass is 9.74. The molecule has 120 valence electrons. The van der Waals surface area contributed by atoms with E-state index >= 15 is 0 Å². The molecule has 0 aliphatic heterocycles. The normalized spacial score (nSPS) is 27.8. The van der Waals surface area contributed by atoms with Crippen molar-refractivity contribution in [2.75, 3.05) is 13.7 Å². The lowest BCUT2D eigenvalue weighted by molar-refractivity contribution is -0.0947. The molecule has 0 saturated heterocycles. The van der Waals surface area contributed by atoms with Crippen LogP contribution in [0.4, 0.5) is 0 Å². The van der Waals surface area contributed by atoms with Gasteiger partial charge in [-0.3, -0.25) is 0 Å². The number of nitrogens with zero attached hydrogens (tertiary/aromatic N) is 1. The van der Waals surface area contributed by atoms with Crippen molar-refractivity contribution >= 4 is 11.3 Å². The van der Waals surface area contributed by atoms with Crippen LogP contribution in [0.2, 0.25) is 0 Å². The van der Waals surface area contributed by atoms with E-state index in [2.05, 4.69) is 40.1 Å². The minimum Gasteiger partial charge on any atom is -0.374 e. The molecule has 3 nitrogen and oxygen atoms in total. The van der Waals surface area contributed by atoms with Gasteiger partial charge in [-0.2, -0.15) is 0 Å². The van der Waals surface area contributed by atoms with Gasteiger partial charge in [-0.15, -0.1) is 11.3 Å². The highest BCUT2D eigenvalue weighted by Gasteiger charge is 2.41. The van der Waals surface area contributed by atoms with Crippen LogP contribution in [0.15, 0.2) is 0 Å². The molecule has 0 spiro atoms. The van der Waals surface area contributed by atoms with Crippen molar-refractivity contribution in [3.63, 3.8) is 0 Å². The van der Waals surface area contributed by atoms with E-state index in [1.165, 1.54) is 28.4 Å². The van der Waals surface area contributed by atoms with Crippen LogP contribution in [0.25, 0.3) is 0 Å². The summed E-state index contributed by atoms with van der Waals surface area (Å²) in [6.07, 6.45) is 5.85. The van der Waals surface area contributed by atoms with Gasteiger partial charge in [0, 0.05) is 23.9 Å². The molecule has 0 amide bonds. The van der Waals surface area contributed by atoms with Crippen LogP contribution in [-0.2, 0) is 11.2 Å². The minimum atomic E-state index is -0.0104. The van der Waals surface area contributed by atoms with Crippen LogP contribution in [0.5, 0.6) is 0 Å². The topological polar surface area (TPSA) is 34.1 Å². The van der Waals surface area contributed by atoms with Crippen LogP contribution in [0.3, 0.4) is 0 Å². The van der Waals surface area contributed by atoms with E-state index in [4.69, 9.17) is 9.72 Å². The van der Waals surface area contributed by atoms with Crippen LogP contribution >= 0.6 is 11.3 Å². The van der Waals surface area contributed by atoms with Crippen LogP contribution in [-0.4, -0.2) is 30.3 Å². The van der Waals surface area contributed by atoms with Gasteiger partial charge in [-0.25, -0.2) is 4.98 Å². The van der Waals surface area contributed by atoms with E-state index in [-0.39, 0.29) is 5.60 Å². The Kier molecular flexibility index (Phi) is 5.81. The molecule has 0 radical (unpaired) electrons. The van der Waals surface area contributed by atoms with Crippen molar-refractivity contribution in [2.45, 2.75) is 71.4 Å². The fourth-order valence-electron chi connectivity index (χ4n) is 3.48. The summed E-state index contributed by atoms with van der Waals surface area (Å²) in [4.78, 5) is 6.06. The first-order valence-corrected chi connectivity index (χ1v) is 9.06. The van der Waals surface area contributed by atoms with Gasteiger partial charge in [-0.1, -0.05) is 6.92 Å². The number of hydrogen-bond donors (Lipinski definition) is 1. The third kappa shape index (κ3) is 3.85. The molecule has 1 saturated carbocycles. The van der Waals surface area contributed by atoms with Crippen molar-refractivity contribution in [3.8, 4) is 0 Å². The average molecular weight is 311 g/mol. The molecular formula is C17H30N2OS. The third-order valence-electron chi connectivity index (χ3n) is 4.99. The number of aryl methyl sites for hydroxylation is 2. The SMILES string of the molecule is CCOC1(C(Cc2nc(C)c(C)s2)NC)CCC(C)CC1. The number of rotatable bonds is 6.